The van der Waals surface area contributed by atoms with Crippen LogP contribution in [-0.4, -0.2) is 55.6 Å². The van der Waals surface area contributed by atoms with E-state index in [0.717, 1.165) is 63.6 Å². The van der Waals surface area contributed by atoms with Crippen molar-refractivity contribution in [3.8, 4) is 5.75 Å². The van der Waals surface area contributed by atoms with Crippen LogP contribution < -0.4 is 21.1 Å². The van der Waals surface area contributed by atoms with Gasteiger partial charge in [0, 0.05) is 32.1 Å². The zero-order valence-corrected chi connectivity index (χ0v) is 17.9. The zero-order chi connectivity index (χ0) is 20.9. The van der Waals surface area contributed by atoms with Crippen molar-refractivity contribution < 1.29 is 9.53 Å². The van der Waals surface area contributed by atoms with Crippen molar-refractivity contribution in [3.63, 3.8) is 0 Å². The molecule has 1 aromatic carbocycles. The van der Waals surface area contributed by atoms with Gasteiger partial charge in [-0.15, -0.1) is 0 Å². The van der Waals surface area contributed by atoms with Crippen LogP contribution in [0.4, 0.5) is 0 Å². The fourth-order valence-electron chi connectivity index (χ4n) is 4.29. The fourth-order valence-corrected chi connectivity index (χ4v) is 4.29. The Morgan fingerprint density at radius 3 is 2.93 bits per heavy atom. The molecule has 2 unspecified atom stereocenters. The lowest BCUT2D eigenvalue weighted by molar-refractivity contribution is -0.123. The Hall–Kier alpha value is -2.28. The molecule has 0 radical (unpaired) electrons. The van der Waals surface area contributed by atoms with Crippen molar-refractivity contribution in [1.82, 2.24) is 15.5 Å². The van der Waals surface area contributed by atoms with E-state index in [9.17, 15) is 4.79 Å². The summed E-state index contributed by atoms with van der Waals surface area (Å²) in [7, 11) is 1.80. The van der Waals surface area contributed by atoms with Crippen LogP contribution in [0.2, 0.25) is 0 Å². The molecule has 1 saturated heterocycles. The molecular formula is C22H35N5O2. The van der Waals surface area contributed by atoms with Crippen LogP contribution in [0.25, 0.3) is 0 Å². The van der Waals surface area contributed by atoms with Gasteiger partial charge in [-0.3, -0.25) is 9.79 Å². The molecule has 0 saturated carbocycles. The second-order valence-electron chi connectivity index (χ2n) is 8.70. The molecule has 7 heteroatoms. The number of benzene rings is 1. The molecule has 1 aromatic rings. The van der Waals surface area contributed by atoms with E-state index in [1.165, 1.54) is 5.56 Å². The van der Waals surface area contributed by atoms with Gasteiger partial charge >= 0.3 is 0 Å². The maximum absolute atomic E-state index is 11.4. The van der Waals surface area contributed by atoms with Gasteiger partial charge in [0.15, 0.2) is 5.96 Å². The minimum absolute atomic E-state index is 0.00286. The summed E-state index contributed by atoms with van der Waals surface area (Å²) in [6.45, 7) is 7.85. The number of piperidine rings is 1. The molecular weight excluding hydrogens is 366 g/mol. The number of para-hydroxylation sites is 1. The highest BCUT2D eigenvalue weighted by Crippen LogP contribution is 2.39. The molecule has 4 N–H and O–H groups in total. The molecule has 1 fully saturated rings. The van der Waals surface area contributed by atoms with Gasteiger partial charge < -0.3 is 26.0 Å². The van der Waals surface area contributed by atoms with E-state index >= 15 is 0 Å². The van der Waals surface area contributed by atoms with Crippen molar-refractivity contribution in [2.45, 2.75) is 51.2 Å². The average molecular weight is 402 g/mol. The Balaban J connectivity index is 1.48. The minimum Gasteiger partial charge on any atom is -0.487 e. The molecule has 160 valence electrons. The number of hydrogen-bond acceptors (Lipinski definition) is 4. The highest BCUT2D eigenvalue weighted by Gasteiger charge is 2.34. The van der Waals surface area contributed by atoms with Gasteiger partial charge in [-0.05, 0) is 52.3 Å². The molecule has 1 amide bonds. The molecule has 2 heterocycles. The monoisotopic (exact) mass is 401 g/mol. The molecule has 0 aromatic heterocycles. The lowest BCUT2D eigenvalue weighted by atomic mass is 9.90. The molecule has 2 atom stereocenters. The summed E-state index contributed by atoms with van der Waals surface area (Å²) in [4.78, 5) is 18.2. The summed E-state index contributed by atoms with van der Waals surface area (Å²) in [5.74, 6) is 1.57. The number of ether oxygens (including phenoxy) is 1. The van der Waals surface area contributed by atoms with Crippen molar-refractivity contribution in [2.24, 2.45) is 16.6 Å². The number of fused-ring (bicyclic) bond motifs is 1. The van der Waals surface area contributed by atoms with Crippen LogP contribution >= 0.6 is 0 Å². The van der Waals surface area contributed by atoms with Gasteiger partial charge in [0.05, 0.1) is 12.0 Å². The van der Waals surface area contributed by atoms with Gasteiger partial charge in [-0.1, -0.05) is 18.2 Å². The van der Waals surface area contributed by atoms with E-state index in [-0.39, 0.29) is 23.5 Å². The van der Waals surface area contributed by atoms with Crippen LogP contribution in [0.1, 0.15) is 51.1 Å². The first-order valence-electron chi connectivity index (χ1n) is 10.6. The predicted octanol–water partition coefficient (Wildman–Crippen LogP) is 2.04. The summed E-state index contributed by atoms with van der Waals surface area (Å²) < 4.78 is 6.12. The second-order valence-corrected chi connectivity index (χ2v) is 8.70. The standard InChI is InChI=1S/C22H35N5O2/c1-22(2)14-18(17-9-4-5-10-19(17)29-22)26-21(24-3)25-11-7-13-27-12-6-8-16(15-27)20(23)28/h4-5,9-10,16,18H,6-8,11-15H2,1-3H3,(H2,23,28)(H2,24,25,26). The molecule has 2 aliphatic heterocycles. The van der Waals surface area contributed by atoms with E-state index in [1.54, 1.807) is 7.05 Å². The number of guanidine groups is 1. The van der Waals surface area contributed by atoms with Crippen molar-refractivity contribution >= 4 is 11.9 Å². The Morgan fingerprint density at radius 2 is 2.17 bits per heavy atom. The normalized spacial score (nSPS) is 24.3. The first-order chi connectivity index (χ1) is 13.9. The Morgan fingerprint density at radius 1 is 1.38 bits per heavy atom. The van der Waals surface area contributed by atoms with E-state index in [4.69, 9.17) is 10.5 Å². The lowest BCUT2D eigenvalue weighted by Gasteiger charge is -2.38. The summed E-state index contributed by atoms with van der Waals surface area (Å²) in [5, 5.41) is 6.99. The minimum atomic E-state index is -0.226. The van der Waals surface area contributed by atoms with Gasteiger partial charge in [0.2, 0.25) is 5.91 Å². The molecule has 2 aliphatic rings. The van der Waals surface area contributed by atoms with Gasteiger partial charge in [0.1, 0.15) is 11.4 Å². The Bertz CT molecular complexity index is 734. The van der Waals surface area contributed by atoms with Crippen molar-refractivity contribution in [2.75, 3.05) is 33.2 Å². The predicted molar refractivity (Wildman–Crippen MR) is 116 cm³/mol. The molecule has 0 bridgehead atoms. The largest absolute Gasteiger partial charge is 0.487 e. The number of hydrogen-bond donors (Lipinski definition) is 3. The highest BCUT2D eigenvalue weighted by atomic mass is 16.5. The third-order valence-electron chi connectivity index (χ3n) is 5.76. The fraction of sp³-hybridized carbons (Fsp3) is 0.636. The number of carbonyl (C=O) groups is 1. The first kappa shape index (κ1) is 21.4. The summed E-state index contributed by atoms with van der Waals surface area (Å²) in [6.07, 6.45) is 3.82. The van der Waals surface area contributed by atoms with Crippen molar-refractivity contribution in [1.29, 1.82) is 0 Å². The SMILES string of the molecule is CN=C(NCCCN1CCCC(C(N)=O)C1)NC1CC(C)(C)Oc2ccccc21. The third-order valence-corrected chi connectivity index (χ3v) is 5.76. The van der Waals surface area contributed by atoms with E-state index in [1.807, 2.05) is 18.2 Å². The van der Waals surface area contributed by atoms with E-state index in [2.05, 4.69) is 40.4 Å². The maximum atomic E-state index is 11.4. The van der Waals surface area contributed by atoms with Gasteiger partial charge in [-0.25, -0.2) is 0 Å². The molecule has 7 nitrogen and oxygen atoms in total. The van der Waals surface area contributed by atoms with Gasteiger partial charge in [0.25, 0.3) is 0 Å². The quantitative estimate of drug-likeness (QED) is 0.385. The first-order valence-corrected chi connectivity index (χ1v) is 10.6. The molecule has 29 heavy (non-hydrogen) atoms. The summed E-state index contributed by atoms with van der Waals surface area (Å²) in [6, 6.07) is 8.34. The van der Waals surface area contributed by atoms with E-state index in [0.29, 0.717) is 0 Å². The lowest BCUT2D eigenvalue weighted by Crippen LogP contribution is -2.46. The summed E-state index contributed by atoms with van der Waals surface area (Å²) >= 11 is 0. The number of likely N-dealkylation sites (tertiary alicyclic amines) is 1. The maximum Gasteiger partial charge on any atom is 0.221 e. The number of nitrogens with zero attached hydrogens (tertiary/aromatic N) is 2. The van der Waals surface area contributed by atoms with Crippen LogP contribution in [0.15, 0.2) is 29.3 Å². The third kappa shape index (κ3) is 5.85. The number of nitrogens with two attached hydrogens (primary N) is 1. The topological polar surface area (TPSA) is 92.0 Å². The van der Waals surface area contributed by atoms with Crippen LogP contribution in [0.3, 0.4) is 0 Å². The molecule has 3 rings (SSSR count). The number of amides is 1. The number of aliphatic imine (C=N–C) groups is 1. The Labute approximate surface area is 174 Å². The number of nitrogens with one attached hydrogen (secondary N) is 2. The smallest absolute Gasteiger partial charge is 0.221 e. The zero-order valence-electron chi connectivity index (χ0n) is 17.9. The van der Waals surface area contributed by atoms with Crippen LogP contribution in [0.5, 0.6) is 5.75 Å². The molecule has 0 aliphatic carbocycles. The highest BCUT2D eigenvalue weighted by molar-refractivity contribution is 5.80. The second kappa shape index (κ2) is 9.48. The molecule has 0 spiro atoms. The number of carbonyl (C=O) groups excluding carboxylic acids is 1. The van der Waals surface area contributed by atoms with Gasteiger partial charge in [-0.2, -0.15) is 0 Å². The number of rotatable bonds is 6. The Kier molecular flexibility index (Phi) is 7.00. The summed E-state index contributed by atoms with van der Waals surface area (Å²) in [5.41, 5.74) is 6.41. The van der Waals surface area contributed by atoms with Crippen LogP contribution in [-0.2, 0) is 4.79 Å². The number of primary amides is 1. The van der Waals surface area contributed by atoms with Crippen molar-refractivity contribution in [3.05, 3.63) is 29.8 Å². The van der Waals surface area contributed by atoms with Crippen LogP contribution in [0, 0.1) is 5.92 Å². The average Bonchev–Trinajstić information content (AvgIpc) is 2.69. The van der Waals surface area contributed by atoms with E-state index < -0.39 is 0 Å².